The van der Waals surface area contributed by atoms with Crippen molar-refractivity contribution in [3.63, 3.8) is 0 Å². The summed E-state index contributed by atoms with van der Waals surface area (Å²) >= 11 is 0.969. The zero-order valence-electron chi connectivity index (χ0n) is 18.8. The van der Waals surface area contributed by atoms with E-state index in [0.29, 0.717) is 26.2 Å². The molecule has 0 bridgehead atoms. The van der Waals surface area contributed by atoms with Crippen molar-refractivity contribution in [2.75, 3.05) is 50.0 Å². The molecular formula is C23H24F3N3O4S2. The number of benzene rings is 2. The minimum atomic E-state index is -3.83. The summed E-state index contributed by atoms with van der Waals surface area (Å²) in [5, 5.41) is 0.177. The molecule has 188 valence electrons. The molecule has 7 nitrogen and oxygen atoms in total. The van der Waals surface area contributed by atoms with E-state index in [1.54, 1.807) is 0 Å². The molecule has 0 spiro atoms. The maximum absolute atomic E-state index is 14.2. The van der Waals surface area contributed by atoms with Crippen molar-refractivity contribution in [1.29, 1.82) is 0 Å². The van der Waals surface area contributed by atoms with E-state index in [1.807, 2.05) is 0 Å². The molecule has 1 aliphatic heterocycles. The first-order valence-corrected chi connectivity index (χ1v) is 13.5. The number of hydrogen-bond acceptors (Lipinski definition) is 7. The predicted octanol–water partition coefficient (Wildman–Crippen LogP) is 3.63. The first kappa shape index (κ1) is 25.5. The topological polar surface area (TPSA) is 79.8 Å². The van der Waals surface area contributed by atoms with Crippen LogP contribution in [0.5, 0.6) is 0 Å². The maximum atomic E-state index is 14.2. The molecule has 1 aromatic heterocycles. The first-order chi connectivity index (χ1) is 16.7. The highest BCUT2D eigenvalue weighted by molar-refractivity contribution is 7.91. The largest absolute Gasteiger partial charge is 0.379 e. The van der Waals surface area contributed by atoms with E-state index >= 15 is 0 Å². The Balaban J connectivity index is 1.51. The standard InChI is InChI=1S/C23H24F3N3O4S2/c24-16-2-4-18(5-3-16)35(31,32)13-6-21(30)29(8-1-7-28-9-11-33-12-10-28)23-27-22-19(26)14-17(25)15-20(22)34-23/h2-5,14-15H,1,6-13H2. The van der Waals surface area contributed by atoms with Gasteiger partial charge in [-0.2, -0.15) is 0 Å². The van der Waals surface area contributed by atoms with Crippen molar-refractivity contribution in [2.24, 2.45) is 0 Å². The summed E-state index contributed by atoms with van der Waals surface area (Å²) in [7, 11) is -3.83. The van der Waals surface area contributed by atoms with E-state index < -0.39 is 38.9 Å². The number of nitrogens with zero attached hydrogens (tertiary/aromatic N) is 3. The number of sulfone groups is 1. The molecule has 2 heterocycles. The van der Waals surface area contributed by atoms with Crippen LogP contribution in [0.25, 0.3) is 10.2 Å². The molecule has 0 atom stereocenters. The van der Waals surface area contributed by atoms with Crippen LogP contribution in [0.4, 0.5) is 18.3 Å². The Kier molecular flexibility index (Phi) is 8.05. The highest BCUT2D eigenvalue weighted by atomic mass is 32.2. The van der Waals surface area contributed by atoms with Gasteiger partial charge in [0.15, 0.2) is 20.8 Å². The molecule has 0 radical (unpaired) electrons. The van der Waals surface area contributed by atoms with E-state index in [0.717, 1.165) is 60.8 Å². The lowest BCUT2D eigenvalue weighted by Gasteiger charge is -2.27. The number of hydrogen-bond donors (Lipinski definition) is 0. The summed E-state index contributed by atoms with van der Waals surface area (Å²) in [6.45, 7) is 3.73. The molecule has 1 saturated heterocycles. The van der Waals surface area contributed by atoms with Crippen LogP contribution in [0.1, 0.15) is 12.8 Å². The number of thiazole rings is 1. The number of rotatable bonds is 9. The number of fused-ring (bicyclic) bond motifs is 1. The van der Waals surface area contributed by atoms with Crippen molar-refractivity contribution < 1.29 is 31.1 Å². The van der Waals surface area contributed by atoms with Crippen LogP contribution in [0.2, 0.25) is 0 Å². The van der Waals surface area contributed by atoms with E-state index in [-0.39, 0.29) is 33.2 Å². The second-order valence-corrected chi connectivity index (χ2v) is 11.2. The van der Waals surface area contributed by atoms with Crippen molar-refractivity contribution in [2.45, 2.75) is 17.7 Å². The van der Waals surface area contributed by atoms with Gasteiger partial charge < -0.3 is 4.74 Å². The predicted molar refractivity (Wildman–Crippen MR) is 127 cm³/mol. The van der Waals surface area contributed by atoms with Crippen LogP contribution < -0.4 is 4.90 Å². The summed E-state index contributed by atoms with van der Waals surface area (Å²) < 4.78 is 71.9. The molecule has 35 heavy (non-hydrogen) atoms. The van der Waals surface area contributed by atoms with E-state index in [9.17, 15) is 26.4 Å². The van der Waals surface area contributed by atoms with Crippen LogP contribution >= 0.6 is 11.3 Å². The van der Waals surface area contributed by atoms with Gasteiger partial charge in [0.2, 0.25) is 5.91 Å². The lowest BCUT2D eigenvalue weighted by molar-refractivity contribution is -0.118. The molecule has 1 aliphatic rings. The Morgan fingerprint density at radius 2 is 1.80 bits per heavy atom. The minimum Gasteiger partial charge on any atom is -0.379 e. The van der Waals surface area contributed by atoms with Crippen LogP contribution in [0.15, 0.2) is 41.3 Å². The molecule has 2 aromatic carbocycles. The third kappa shape index (κ3) is 6.37. The molecule has 0 N–H and O–H groups in total. The normalized spacial score (nSPS) is 14.9. The van der Waals surface area contributed by atoms with Crippen LogP contribution in [0.3, 0.4) is 0 Å². The van der Waals surface area contributed by atoms with E-state index in [4.69, 9.17) is 4.74 Å². The fourth-order valence-corrected chi connectivity index (χ4v) is 6.06. The fourth-order valence-electron chi connectivity index (χ4n) is 3.78. The summed E-state index contributed by atoms with van der Waals surface area (Å²) in [5.74, 6) is -3.13. The van der Waals surface area contributed by atoms with Gasteiger partial charge in [-0.25, -0.2) is 26.6 Å². The molecule has 0 unspecified atom stereocenters. The SMILES string of the molecule is O=C(CCS(=O)(=O)c1ccc(F)cc1)N(CCCN1CCOCC1)c1nc2c(F)cc(F)cc2s1. The molecular weight excluding hydrogens is 503 g/mol. The average Bonchev–Trinajstić information content (AvgIpc) is 3.25. The quantitative estimate of drug-likeness (QED) is 0.396. The fraction of sp³-hybridized carbons (Fsp3) is 0.391. The van der Waals surface area contributed by atoms with Gasteiger partial charge in [0.25, 0.3) is 0 Å². The first-order valence-electron chi connectivity index (χ1n) is 11.1. The van der Waals surface area contributed by atoms with Crippen molar-refractivity contribution in [3.05, 3.63) is 53.8 Å². The third-order valence-electron chi connectivity index (χ3n) is 5.65. The van der Waals surface area contributed by atoms with Crippen molar-refractivity contribution >= 4 is 42.4 Å². The van der Waals surface area contributed by atoms with Gasteiger partial charge in [-0.05, 0) is 36.8 Å². The van der Waals surface area contributed by atoms with Crippen LogP contribution in [0, 0.1) is 17.5 Å². The third-order valence-corrected chi connectivity index (χ3v) is 8.41. The molecule has 1 amide bonds. The Morgan fingerprint density at radius 1 is 1.09 bits per heavy atom. The number of ether oxygens (including phenoxy) is 1. The molecule has 1 fully saturated rings. The highest BCUT2D eigenvalue weighted by Crippen LogP contribution is 2.32. The Morgan fingerprint density at radius 3 is 2.51 bits per heavy atom. The number of halogens is 3. The maximum Gasteiger partial charge on any atom is 0.229 e. The summed E-state index contributed by atoms with van der Waals surface area (Å²) in [5.41, 5.74) is -0.0451. The van der Waals surface area contributed by atoms with Gasteiger partial charge in [-0.15, -0.1) is 0 Å². The smallest absolute Gasteiger partial charge is 0.229 e. The van der Waals surface area contributed by atoms with E-state index in [1.165, 1.54) is 4.90 Å². The highest BCUT2D eigenvalue weighted by Gasteiger charge is 2.24. The number of aromatic nitrogens is 1. The van der Waals surface area contributed by atoms with Gasteiger partial charge >= 0.3 is 0 Å². The number of anilines is 1. The molecule has 3 aromatic rings. The molecule has 0 saturated carbocycles. The van der Waals surface area contributed by atoms with Gasteiger partial charge in [0.05, 0.1) is 28.6 Å². The van der Waals surface area contributed by atoms with Crippen LogP contribution in [-0.4, -0.2) is 69.4 Å². The van der Waals surface area contributed by atoms with E-state index in [2.05, 4.69) is 9.88 Å². The molecule has 0 aliphatic carbocycles. The molecule has 4 rings (SSSR count). The zero-order chi connectivity index (χ0) is 25.0. The number of carbonyl (C=O) groups is 1. The Bertz CT molecular complexity index is 1290. The number of carbonyl (C=O) groups excluding carboxylic acids is 1. The summed E-state index contributed by atoms with van der Waals surface area (Å²) in [6.07, 6.45) is 0.229. The summed E-state index contributed by atoms with van der Waals surface area (Å²) in [6, 6.07) is 6.27. The van der Waals surface area contributed by atoms with Crippen LogP contribution in [-0.2, 0) is 19.4 Å². The molecule has 12 heteroatoms. The van der Waals surface area contributed by atoms with Gasteiger partial charge in [0, 0.05) is 38.7 Å². The van der Waals surface area contributed by atoms with Gasteiger partial charge in [-0.1, -0.05) is 11.3 Å². The van der Waals surface area contributed by atoms with Crippen molar-refractivity contribution in [1.82, 2.24) is 9.88 Å². The summed E-state index contributed by atoms with van der Waals surface area (Å²) in [4.78, 5) is 20.8. The Labute approximate surface area is 205 Å². The zero-order valence-corrected chi connectivity index (χ0v) is 20.4. The minimum absolute atomic E-state index is 0.0451. The second-order valence-electron chi connectivity index (χ2n) is 8.11. The Hall–Kier alpha value is -2.54. The second kappa shape index (κ2) is 11.0. The van der Waals surface area contributed by atoms with Gasteiger partial charge in [-0.3, -0.25) is 14.6 Å². The monoisotopic (exact) mass is 527 g/mol. The number of morpholine rings is 1. The van der Waals surface area contributed by atoms with Crippen molar-refractivity contribution in [3.8, 4) is 0 Å². The number of amides is 1. The lowest BCUT2D eigenvalue weighted by Crippen LogP contribution is -2.39. The average molecular weight is 528 g/mol. The lowest BCUT2D eigenvalue weighted by atomic mass is 10.3. The van der Waals surface area contributed by atoms with Gasteiger partial charge in [0.1, 0.15) is 17.2 Å².